The molecule has 0 heterocycles. The molecule has 2 nitrogen and oxygen atoms in total. The van der Waals surface area contributed by atoms with Crippen molar-refractivity contribution in [2.24, 2.45) is 22.7 Å². The quantitative estimate of drug-likeness (QED) is 0.893. The van der Waals surface area contributed by atoms with Crippen LogP contribution in [0.1, 0.15) is 39.2 Å². The molecule has 2 heteroatoms. The molecule has 1 aromatic carbocycles. The predicted molar refractivity (Wildman–Crippen MR) is 85.6 cm³/mol. The van der Waals surface area contributed by atoms with Crippen LogP contribution < -0.4 is 0 Å². The fraction of sp³-hybridized carbons (Fsp3) is 0.579. The minimum absolute atomic E-state index is 0.236. The number of fused-ring (bicyclic) bond motifs is 1. The van der Waals surface area contributed by atoms with Gasteiger partial charge in [-0.25, -0.2) is 0 Å². The number of benzene rings is 1. The Kier molecular flexibility index (Phi) is 3.50. The van der Waals surface area contributed by atoms with Crippen molar-refractivity contribution in [2.75, 3.05) is 0 Å². The molecule has 114 valence electrons. The molecule has 1 aromatic rings. The first-order valence-corrected chi connectivity index (χ1v) is 7.97. The van der Waals surface area contributed by atoms with Crippen LogP contribution in [0.4, 0.5) is 0 Å². The smallest absolute Gasteiger partial charge is 0.0802 e. The fourth-order valence-corrected chi connectivity index (χ4v) is 4.30. The standard InChI is InChI=1S/C19H26O2/c1-18(2)14-11-12-19(3,17(21)16(14)18)15(20)10-9-13-7-5-4-6-8-13/h4-10,14-17,20-21H,11-12H2,1-3H3/b10-9+/t14-,15-,16-,17+,19+/m1/s1. The van der Waals surface area contributed by atoms with E-state index in [0.29, 0.717) is 11.8 Å². The zero-order valence-corrected chi connectivity index (χ0v) is 13.2. The molecule has 2 aliphatic carbocycles. The van der Waals surface area contributed by atoms with Crippen LogP contribution in [-0.4, -0.2) is 22.4 Å². The normalized spacial score (nSPS) is 39.0. The van der Waals surface area contributed by atoms with Gasteiger partial charge < -0.3 is 10.2 Å². The molecule has 21 heavy (non-hydrogen) atoms. The first-order valence-electron chi connectivity index (χ1n) is 7.97. The van der Waals surface area contributed by atoms with E-state index in [-0.39, 0.29) is 5.41 Å². The van der Waals surface area contributed by atoms with Crippen molar-refractivity contribution in [3.8, 4) is 0 Å². The van der Waals surface area contributed by atoms with Crippen LogP contribution in [-0.2, 0) is 0 Å². The van der Waals surface area contributed by atoms with Crippen LogP contribution in [0.2, 0.25) is 0 Å². The first-order chi connectivity index (χ1) is 9.87. The molecule has 5 atom stereocenters. The van der Waals surface area contributed by atoms with E-state index >= 15 is 0 Å². The molecular formula is C19H26O2. The van der Waals surface area contributed by atoms with Crippen molar-refractivity contribution >= 4 is 6.08 Å². The van der Waals surface area contributed by atoms with Crippen molar-refractivity contribution in [2.45, 2.75) is 45.8 Å². The van der Waals surface area contributed by atoms with E-state index in [2.05, 4.69) is 13.8 Å². The summed E-state index contributed by atoms with van der Waals surface area (Å²) in [5, 5.41) is 21.4. The van der Waals surface area contributed by atoms with Gasteiger partial charge in [0.05, 0.1) is 12.2 Å². The summed E-state index contributed by atoms with van der Waals surface area (Å²) < 4.78 is 0. The van der Waals surface area contributed by atoms with Crippen LogP contribution in [0.25, 0.3) is 6.08 Å². The highest BCUT2D eigenvalue weighted by molar-refractivity contribution is 5.49. The molecule has 0 amide bonds. The Morgan fingerprint density at radius 1 is 1.19 bits per heavy atom. The van der Waals surface area contributed by atoms with E-state index in [0.717, 1.165) is 18.4 Å². The molecule has 2 aliphatic rings. The highest BCUT2D eigenvalue weighted by Gasteiger charge is 2.67. The molecule has 2 saturated carbocycles. The molecule has 0 spiro atoms. The molecule has 3 rings (SSSR count). The SMILES string of the molecule is CC1(C)[C@@H]2[C@H]1CC[C@@](C)([C@H](O)/C=C/c1ccccc1)[C@H]2O. The second kappa shape index (κ2) is 4.96. The summed E-state index contributed by atoms with van der Waals surface area (Å²) in [5.74, 6) is 0.974. The minimum Gasteiger partial charge on any atom is -0.392 e. The largest absolute Gasteiger partial charge is 0.392 e. The first kappa shape index (κ1) is 14.8. The summed E-state index contributed by atoms with van der Waals surface area (Å²) in [4.78, 5) is 0. The lowest BCUT2D eigenvalue weighted by Crippen LogP contribution is -2.46. The topological polar surface area (TPSA) is 40.5 Å². The number of rotatable bonds is 3. The molecule has 0 radical (unpaired) electrons. The van der Waals surface area contributed by atoms with E-state index < -0.39 is 17.6 Å². The average Bonchev–Trinajstić information content (AvgIpc) is 3.04. The highest BCUT2D eigenvalue weighted by Crippen LogP contribution is 2.68. The van der Waals surface area contributed by atoms with Gasteiger partial charge in [0.1, 0.15) is 0 Å². The Hall–Kier alpha value is -1.12. The molecular weight excluding hydrogens is 260 g/mol. The summed E-state index contributed by atoms with van der Waals surface area (Å²) in [6.45, 7) is 6.51. The van der Waals surface area contributed by atoms with E-state index in [1.165, 1.54) is 0 Å². The van der Waals surface area contributed by atoms with Gasteiger partial charge in [0.25, 0.3) is 0 Å². The van der Waals surface area contributed by atoms with E-state index in [1.54, 1.807) is 0 Å². The molecule has 0 aromatic heterocycles. The van der Waals surface area contributed by atoms with Crippen LogP contribution in [0.5, 0.6) is 0 Å². The predicted octanol–water partition coefficient (Wildman–Crippen LogP) is 3.49. The van der Waals surface area contributed by atoms with Crippen LogP contribution in [0.15, 0.2) is 36.4 Å². The lowest BCUT2D eigenvalue weighted by Gasteiger charge is -2.41. The molecule has 0 aliphatic heterocycles. The van der Waals surface area contributed by atoms with Crippen molar-refractivity contribution in [1.29, 1.82) is 0 Å². The van der Waals surface area contributed by atoms with E-state index in [1.807, 2.05) is 49.4 Å². The summed E-state index contributed by atoms with van der Waals surface area (Å²) >= 11 is 0. The van der Waals surface area contributed by atoms with Crippen LogP contribution >= 0.6 is 0 Å². The maximum atomic E-state index is 10.7. The Bertz CT molecular complexity index is 534. The average molecular weight is 286 g/mol. The zero-order chi connectivity index (χ0) is 15.3. The monoisotopic (exact) mass is 286 g/mol. The van der Waals surface area contributed by atoms with Crippen molar-refractivity contribution < 1.29 is 10.2 Å². The Morgan fingerprint density at radius 3 is 2.52 bits per heavy atom. The number of aliphatic hydroxyl groups is 2. The van der Waals surface area contributed by atoms with Gasteiger partial charge in [0.15, 0.2) is 0 Å². The summed E-state index contributed by atoms with van der Waals surface area (Å²) in [5.41, 5.74) is 0.885. The summed E-state index contributed by atoms with van der Waals surface area (Å²) in [6, 6.07) is 9.99. The van der Waals surface area contributed by atoms with Gasteiger partial charge in [0.2, 0.25) is 0 Å². The maximum absolute atomic E-state index is 10.7. The third-order valence-corrected chi connectivity index (χ3v) is 6.10. The van der Waals surface area contributed by atoms with Gasteiger partial charge in [-0.05, 0) is 35.7 Å². The Morgan fingerprint density at radius 2 is 1.86 bits per heavy atom. The third-order valence-electron chi connectivity index (χ3n) is 6.10. The van der Waals surface area contributed by atoms with Crippen LogP contribution in [0, 0.1) is 22.7 Å². The van der Waals surface area contributed by atoms with Gasteiger partial charge in [-0.1, -0.05) is 63.3 Å². The molecule has 2 fully saturated rings. The van der Waals surface area contributed by atoms with Crippen molar-refractivity contribution in [3.63, 3.8) is 0 Å². The molecule has 0 bridgehead atoms. The molecule has 2 N–H and O–H groups in total. The minimum atomic E-state index is -0.606. The maximum Gasteiger partial charge on any atom is 0.0802 e. The number of hydrogen-bond acceptors (Lipinski definition) is 2. The van der Waals surface area contributed by atoms with Crippen molar-refractivity contribution in [3.05, 3.63) is 42.0 Å². The fourth-order valence-electron chi connectivity index (χ4n) is 4.30. The van der Waals surface area contributed by atoms with Gasteiger partial charge in [-0.2, -0.15) is 0 Å². The molecule has 0 unspecified atom stereocenters. The molecule has 0 saturated heterocycles. The highest BCUT2D eigenvalue weighted by atomic mass is 16.3. The number of hydrogen-bond donors (Lipinski definition) is 2. The van der Waals surface area contributed by atoms with Gasteiger partial charge in [-0.3, -0.25) is 0 Å². The Labute approximate surface area is 127 Å². The summed E-state index contributed by atoms with van der Waals surface area (Å²) in [7, 11) is 0. The zero-order valence-electron chi connectivity index (χ0n) is 13.2. The van der Waals surface area contributed by atoms with Crippen LogP contribution in [0.3, 0.4) is 0 Å². The van der Waals surface area contributed by atoms with E-state index in [4.69, 9.17) is 0 Å². The van der Waals surface area contributed by atoms with Gasteiger partial charge in [-0.15, -0.1) is 0 Å². The van der Waals surface area contributed by atoms with E-state index in [9.17, 15) is 10.2 Å². The van der Waals surface area contributed by atoms with Gasteiger partial charge >= 0.3 is 0 Å². The third kappa shape index (κ3) is 2.35. The number of aliphatic hydroxyl groups excluding tert-OH is 2. The van der Waals surface area contributed by atoms with Gasteiger partial charge in [0, 0.05) is 5.41 Å². The second-order valence-electron chi connectivity index (χ2n) is 7.66. The lowest BCUT2D eigenvalue weighted by molar-refractivity contribution is -0.0732. The van der Waals surface area contributed by atoms with Crippen molar-refractivity contribution in [1.82, 2.24) is 0 Å². The Balaban J connectivity index is 1.75. The second-order valence-corrected chi connectivity index (χ2v) is 7.66. The lowest BCUT2D eigenvalue weighted by atomic mass is 9.69. The summed E-state index contributed by atoms with van der Waals surface area (Å²) in [6.07, 6.45) is 4.77.